The van der Waals surface area contributed by atoms with Crippen LogP contribution in [0.4, 0.5) is 13.2 Å². The Balaban J connectivity index is 3.10. The van der Waals surface area contributed by atoms with E-state index in [1.807, 2.05) is 0 Å². The molecule has 0 heterocycles. The van der Waals surface area contributed by atoms with E-state index in [0.29, 0.717) is 5.56 Å². The molecule has 0 aromatic heterocycles. The minimum Gasteiger partial charge on any atom is -0.390 e. The summed E-state index contributed by atoms with van der Waals surface area (Å²) in [6.07, 6.45) is 0. The number of nitrogens with two attached hydrogens (primary N) is 1. The Morgan fingerprint density at radius 1 is 1.47 bits per heavy atom. The zero-order chi connectivity index (χ0) is 11.6. The van der Waals surface area contributed by atoms with Gasteiger partial charge in [-0.1, -0.05) is 17.7 Å². The van der Waals surface area contributed by atoms with Gasteiger partial charge in [-0.05, 0) is 13.0 Å². The highest BCUT2D eigenvalue weighted by atomic mass is 19.3. The van der Waals surface area contributed by atoms with E-state index in [1.165, 1.54) is 12.1 Å². The van der Waals surface area contributed by atoms with Crippen molar-refractivity contribution in [3.05, 3.63) is 35.1 Å². The molecule has 84 valence electrons. The smallest absolute Gasteiger partial charge is 0.289 e. The molecule has 3 N–H and O–H groups in total. The highest BCUT2D eigenvalue weighted by Crippen LogP contribution is 2.30. The summed E-state index contributed by atoms with van der Waals surface area (Å²) in [5, 5.41) is 8.43. The molecular weight excluding hydrogens is 207 g/mol. The van der Waals surface area contributed by atoms with Crippen LogP contribution >= 0.6 is 0 Å². The number of alkyl halides is 2. The molecule has 0 aliphatic heterocycles. The Hall–Kier alpha value is -1.07. The lowest BCUT2D eigenvalue weighted by molar-refractivity contribution is -0.0718. The molecular formula is C10H12F3NO. The van der Waals surface area contributed by atoms with Crippen molar-refractivity contribution in [2.75, 3.05) is 6.61 Å². The standard InChI is InChI=1S/C10H12F3NO/c1-6-2-3-8(11)7(4-6)9(14)10(12,13)5-15/h2-4,9,15H,5,14H2,1H3/t9-/m1/s1. The van der Waals surface area contributed by atoms with E-state index in [2.05, 4.69) is 0 Å². The second-order valence-corrected chi connectivity index (χ2v) is 3.42. The number of benzene rings is 1. The summed E-state index contributed by atoms with van der Waals surface area (Å²) in [6, 6.07) is 1.96. The Morgan fingerprint density at radius 2 is 2.07 bits per heavy atom. The molecule has 5 heteroatoms. The summed E-state index contributed by atoms with van der Waals surface area (Å²) in [6.45, 7) is 0.244. The van der Waals surface area contributed by atoms with E-state index in [4.69, 9.17) is 10.8 Å². The highest BCUT2D eigenvalue weighted by Gasteiger charge is 2.38. The van der Waals surface area contributed by atoms with Crippen LogP contribution in [0.3, 0.4) is 0 Å². The van der Waals surface area contributed by atoms with Crippen LogP contribution in [0.15, 0.2) is 18.2 Å². The lowest BCUT2D eigenvalue weighted by Gasteiger charge is -2.22. The molecule has 0 aliphatic carbocycles. The van der Waals surface area contributed by atoms with Crippen LogP contribution in [0, 0.1) is 12.7 Å². The number of aliphatic hydroxyl groups excluding tert-OH is 1. The van der Waals surface area contributed by atoms with Crippen molar-refractivity contribution >= 4 is 0 Å². The van der Waals surface area contributed by atoms with E-state index in [1.54, 1.807) is 6.92 Å². The van der Waals surface area contributed by atoms with Gasteiger partial charge in [0.15, 0.2) is 0 Å². The first-order valence-electron chi connectivity index (χ1n) is 4.39. The van der Waals surface area contributed by atoms with Gasteiger partial charge in [-0.3, -0.25) is 0 Å². The predicted molar refractivity (Wildman–Crippen MR) is 50.1 cm³/mol. The van der Waals surface area contributed by atoms with E-state index in [9.17, 15) is 13.2 Å². The van der Waals surface area contributed by atoms with Crippen LogP contribution in [0.25, 0.3) is 0 Å². The summed E-state index contributed by atoms with van der Waals surface area (Å²) in [4.78, 5) is 0. The molecule has 1 rings (SSSR count). The fourth-order valence-corrected chi connectivity index (χ4v) is 1.23. The zero-order valence-corrected chi connectivity index (χ0v) is 8.17. The molecule has 0 saturated heterocycles. The second kappa shape index (κ2) is 4.20. The Kier molecular flexibility index (Phi) is 3.36. The molecule has 0 radical (unpaired) electrons. The number of halogens is 3. The van der Waals surface area contributed by atoms with Gasteiger partial charge in [-0.25, -0.2) is 13.2 Å². The lowest BCUT2D eigenvalue weighted by atomic mass is 9.99. The Morgan fingerprint density at radius 3 is 2.60 bits per heavy atom. The molecule has 0 fully saturated rings. The first kappa shape index (κ1) is 12.0. The van der Waals surface area contributed by atoms with Crippen LogP contribution in [0.5, 0.6) is 0 Å². The summed E-state index contributed by atoms with van der Waals surface area (Å²) < 4.78 is 39.2. The van der Waals surface area contributed by atoms with E-state index in [-0.39, 0.29) is 5.56 Å². The molecule has 1 atom stereocenters. The molecule has 15 heavy (non-hydrogen) atoms. The minimum atomic E-state index is -3.52. The van der Waals surface area contributed by atoms with Crippen molar-refractivity contribution in [3.8, 4) is 0 Å². The molecule has 0 saturated carbocycles. The molecule has 0 bridgehead atoms. The fourth-order valence-electron chi connectivity index (χ4n) is 1.23. The van der Waals surface area contributed by atoms with Gasteiger partial charge in [0, 0.05) is 5.56 Å². The normalized spacial score (nSPS) is 14.0. The SMILES string of the molecule is Cc1ccc(F)c([C@@H](N)C(F)(F)CO)c1. The van der Waals surface area contributed by atoms with Gasteiger partial charge in [-0.15, -0.1) is 0 Å². The van der Waals surface area contributed by atoms with Gasteiger partial charge >= 0.3 is 0 Å². The molecule has 0 unspecified atom stereocenters. The predicted octanol–water partition coefficient (Wildman–Crippen LogP) is 1.76. The van der Waals surface area contributed by atoms with Crippen molar-refractivity contribution in [2.45, 2.75) is 18.9 Å². The van der Waals surface area contributed by atoms with Gasteiger partial charge in [0.1, 0.15) is 12.4 Å². The minimum absolute atomic E-state index is 0.283. The van der Waals surface area contributed by atoms with Gasteiger partial charge in [0.05, 0.1) is 6.04 Å². The van der Waals surface area contributed by atoms with E-state index in [0.717, 1.165) is 6.07 Å². The maximum Gasteiger partial charge on any atom is 0.289 e. The molecule has 1 aromatic carbocycles. The first-order chi connectivity index (χ1) is 6.88. The number of rotatable bonds is 3. The number of aliphatic hydroxyl groups is 1. The third-order valence-electron chi connectivity index (χ3n) is 2.15. The van der Waals surface area contributed by atoms with Crippen LogP contribution in [-0.2, 0) is 0 Å². The van der Waals surface area contributed by atoms with Crippen molar-refractivity contribution in [2.24, 2.45) is 5.73 Å². The molecule has 2 nitrogen and oxygen atoms in total. The van der Waals surface area contributed by atoms with Gasteiger partial charge in [-0.2, -0.15) is 0 Å². The Labute approximate surface area is 85.5 Å². The Bertz CT molecular complexity index is 355. The average molecular weight is 219 g/mol. The second-order valence-electron chi connectivity index (χ2n) is 3.42. The monoisotopic (exact) mass is 219 g/mol. The summed E-state index contributed by atoms with van der Waals surface area (Å²) in [5.41, 5.74) is 5.55. The largest absolute Gasteiger partial charge is 0.390 e. The van der Waals surface area contributed by atoms with E-state index < -0.39 is 24.4 Å². The molecule has 0 spiro atoms. The lowest BCUT2D eigenvalue weighted by Crippen LogP contribution is -2.36. The van der Waals surface area contributed by atoms with Crippen LogP contribution < -0.4 is 5.73 Å². The van der Waals surface area contributed by atoms with Gasteiger partial charge < -0.3 is 10.8 Å². The van der Waals surface area contributed by atoms with Crippen LogP contribution in [-0.4, -0.2) is 17.6 Å². The maximum atomic E-state index is 13.2. The van der Waals surface area contributed by atoms with Crippen LogP contribution in [0.1, 0.15) is 17.2 Å². The van der Waals surface area contributed by atoms with E-state index >= 15 is 0 Å². The fraction of sp³-hybridized carbons (Fsp3) is 0.400. The highest BCUT2D eigenvalue weighted by molar-refractivity contribution is 5.28. The molecule has 1 aromatic rings. The summed E-state index contributed by atoms with van der Waals surface area (Å²) >= 11 is 0. The first-order valence-corrected chi connectivity index (χ1v) is 4.39. The third kappa shape index (κ3) is 2.49. The van der Waals surface area contributed by atoms with Crippen molar-refractivity contribution in [1.29, 1.82) is 0 Å². The molecule has 0 amide bonds. The number of hydrogen-bond acceptors (Lipinski definition) is 2. The quantitative estimate of drug-likeness (QED) is 0.813. The molecule has 0 aliphatic rings. The van der Waals surface area contributed by atoms with Crippen LogP contribution in [0.2, 0.25) is 0 Å². The average Bonchev–Trinajstić information content (AvgIpc) is 2.20. The van der Waals surface area contributed by atoms with Gasteiger partial charge in [0.2, 0.25) is 0 Å². The zero-order valence-electron chi connectivity index (χ0n) is 8.17. The van der Waals surface area contributed by atoms with Crippen molar-refractivity contribution in [3.63, 3.8) is 0 Å². The van der Waals surface area contributed by atoms with Gasteiger partial charge in [0.25, 0.3) is 5.92 Å². The topological polar surface area (TPSA) is 46.2 Å². The van der Waals surface area contributed by atoms with Crippen molar-refractivity contribution in [1.82, 2.24) is 0 Å². The van der Waals surface area contributed by atoms with Crippen molar-refractivity contribution < 1.29 is 18.3 Å². The number of hydrogen-bond donors (Lipinski definition) is 2. The third-order valence-corrected chi connectivity index (χ3v) is 2.15. The maximum absolute atomic E-state index is 13.2. The number of aryl methyl sites for hydroxylation is 1. The summed E-state index contributed by atoms with van der Waals surface area (Å²) in [5.74, 6) is -4.31. The summed E-state index contributed by atoms with van der Waals surface area (Å²) in [7, 11) is 0.